The van der Waals surface area contributed by atoms with E-state index in [-0.39, 0.29) is 0 Å². The van der Waals surface area contributed by atoms with Crippen LogP contribution in [-0.2, 0) is 4.74 Å². The summed E-state index contributed by atoms with van der Waals surface area (Å²) in [6.45, 7) is 12.1. The summed E-state index contributed by atoms with van der Waals surface area (Å²) in [5.74, 6) is 6.75. The van der Waals surface area contributed by atoms with Gasteiger partial charge in [0.05, 0.1) is 19.3 Å². The van der Waals surface area contributed by atoms with Crippen LogP contribution < -0.4 is 5.32 Å². The molecule has 0 aromatic rings. The van der Waals surface area contributed by atoms with E-state index >= 15 is 0 Å². The summed E-state index contributed by atoms with van der Waals surface area (Å²) in [4.78, 5) is 2.36. The molecule has 0 aliphatic carbocycles. The smallest absolute Gasteiger partial charge is 0.0827 e. The average molecular weight is 224 g/mol. The lowest BCUT2D eigenvalue weighted by atomic mass is 10.2. The van der Waals surface area contributed by atoms with Crippen molar-refractivity contribution in [1.29, 1.82) is 0 Å². The van der Waals surface area contributed by atoms with Crippen LogP contribution in [0, 0.1) is 17.8 Å². The van der Waals surface area contributed by atoms with Crippen molar-refractivity contribution in [2.45, 2.75) is 26.9 Å². The van der Waals surface area contributed by atoms with Crippen molar-refractivity contribution in [3.8, 4) is 11.8 Å². The van der Waals surface area contributed by atoms with Crippen LogP contribution in [0.1, 0.15) is 20.8 Å². The molecule has 3 nitrogen and oxygen atoms in total. The van der Waals surface area contributed by atoms with E-state index in [1.807, 2.05) is 6.92 Å². The van der Waals surface area contributed by atoms with Gasteiger partial charge in [0.1, 0.15) is 0 Å². The fourth-order valence-electron chi connectivity index (χ4n) is 1.77. The van der Waals surface area contributed by atoms with Gasteiger partial charge in [0, 0.05) is 19.6 Å². The molecule has 0 saturated carbocycles. The molecule has 1 unspecified atom stereocenters. The molecule has 1 saturated heterocycles. The van der Waals surface area contributed by atoms with Gasteiger partial charge in [0.2, 0.25) is 0 Å². The molecule has 1 rings (SSSR count). The van der Waals surface area contributed by atoms with Crippen LogP contribution in [0.3, 0.4) is 0 Å². The predicted octanol–water partition coefficient (Wildman–Crippen LogP) is 0.956. The first kappa shape index (κ1) is 13.5. The maximum Gasteiger partial charge on any atom is 0.0827 e. The zero-order valence-corrected chi connectivity index (χ0v) is 10.8. The summed E-state index contributed by atoms with van der Waals surface area (Å²) in [5.41, 5.74) is 0. The number of ether oxygens (including phenoxy) is 1. The third kappa shape index (κ3) is 5.50. The monoisotopic (exact) mass is 224 g/mol. The van der Waals surface area contributed by atoms with Crippen LogP contribution in [0.15, 0.2) is 0 Å². The van der Waals surface area contributed by atoms with Gasteiger partial charge in [-0.05, 0) is 19.4 Å². The fraction of sp³-hybridized carbons (Fsp3) is 0.846. The Balaban J connectivity index is 2.18. The van der Waals surface area contributed by atoms with E-state index in [1.54, 1.807) is 0 Å². The molecular weight excluding hydrogens is 200 g/mol. The van der Waals surface area contributed by atoms with Crippen molar-refractivity contribution in [3.63, 3.8) is 0 Å². The van der Waals surface area contributed by atoms with Gasteiger partial charge in [-0.25, -0.2) is 0 Å². The van der Waals surface area contributed by atoms with Crippen molar-refractivity contribution in [3.05, 3.63) is 0 Å². The number of rotatable bonds is 5. The quantitative estimate of drug-likeness (QED) is 0.704. The molecule has 0 bridgehead atoms. The number of hydrogen-bond donors (Lipinski definition) is 1. The summed E-state index contributed by atoms with van der Waals surface area (Å²) >= 11 is 0. The minimum absolute atomic E-state index is 0.325. The molecule has 0 aromatic heterocycles. The number of nitrogens with one attached hydrogen (secondary N) is 1. The van der Waals surface area contributed by atoms with Crippen molar-refractivity contribution < 1.29 is 4.74 Å². The predicted molar refractivity (Wildman–Crippen MR) is 67.3 cm³/mol. The third-order valence-corrected chi connectivity index (χ3v) is 2.63. The van der Waals surface area contributed by atoms with Gasteiger partial charge in [0.15, 0.2) is 0 Å². The first-order chi connectivity index (χ1) is 7.72. The fourth-order valence-corrected chi connectivity index (χ4v) is 1.77. The molecule has 1 fully saturated rings. The minimum atomic E-state index is 0.325. The van der Waals surface area contributed by atoms with Gasteiger partial charge in [-0.1, -0.05) is 19.8 Å². The van der Waals surface area contributed by atoms with Crippen LogP contribution in [0.2, 0.25) is 0 Å². The van der Waals surface area contributed by atoms with Gasteiger partial charge < -0.3 is 10.1 Å². The maximum absolute atomic E-state index is 5.72. The van der Waals surface area contributed by atoms with Crippen molar-refractivity contribution in [2.75, 3.05) is 39.3 Å². The molecule has 1 atom stereocenters. The molecule has 1 N–H and O–H groups in total. The lowest BCUT2D eigenvalue weighted by Gasteiger charge is -2.31. The first-order valence-corrected chi connectivity index (χ1v) is 6.16. The lowest BCUT2D eigenvalue weighted by Crippen LogP contribution is -2.47. The van der Waals surface area contributed by atoms with E-state index in [0.29, 0.717) is 12.0 Å². The molecule has 1 heterocycles. The molecule has 1 aliphatic heterocycles. The Morgan fingerprint density at radius 1 is 1.50 bits per heavy atom. The first-order valence-electron chi connectivity index (χ1n) is 6.16. The minimum Gasteiger partial charge on any atom is -0.374 e. The SMILES string of the molecule is CC#CCN1CCOC(CNCC(C)C)C1. The summed E-state index contributed by atoms with van der Waals surface area (Å²) in [6, 6.07) is 0. The lowest BCUT2D eigenvalue weighted by molar-refractivity contribution is -0.0226. The van der Waals surface area contributed by atoms with Crippen LogP contribution >= 0.6 is 0 Å². The van der Waals surface area contributed by atoms with Gasteiger partial charge >= 0.3 is 0 Å². The van der Waals surface area contributed by atoms with E-state index in [0.717, 1.165) is 39.3 Å². The van der Waals surface area contributed by atoms with E-state index < -0.39 is 0 Å². The molecule has 0 amide bonds. The molecular formula is C13H24N2O. The zero-order valence-electron chi connectivity index (χ0n) is 10.8. The van der Waals surface area contributed by atoms with Crippen molar-refractivity contribution >= 4 is 0 Å². The van der Waals surface area contributed by atoms with Crippen molar-refractivity contribution in [2.24, 2.45) is 5.92 Å². The van der Waals surface area contributed by atoms with Gasteiger partial charge in [0.25, 0.3) is 0 Å². The molecule has 92 valence electrons. The molecule has 0 spiro atoms. The molecule has 1 aliphatic rings. The number of nitrogens with zero attached hydrogens (tertiary/aromatic N) is 1. The van der Waals surface area contributed by atoms with Crippen molar-refractivity contribution in [1.82, 2.24) is 10.2 Å². The molecule has 0 radical (unpaired) electrons. The Kier molecular flexibility index (Phi) is 6.47. The zero-order chi connectivity index (χ0) is 11.8. The normalized spacial score (nSPS) is 21.9. The highest BCUT2D eigenvalue weighted by Crippen LogP contribution is 2.03. The highest BCUT2D eigenvalue weighted by atomic mass is 16.5. The second-order valence-electron chi connectivity index (χ2n) is 4.71. The topological polar surface area (TPSA) is 24.5 Å². The highest BCUT2D eigenvalue weighted by Gasteiger charge is 2.19. The van der Waals surface area contributed by atoms with Gasteiger partial charge in [-0.3, -0.25) is 4.90 Å². The number of hydrogen-bond acceptors (Lipinski definition) is 3. The van der Waals surface area contributed by atoms with E-state index in [4.69, 9.17) is 4.74 Å². The summed E-state index contributed by atoms with van der Waals surface area (Å²) in [6.07, 6.45) is 0.325. The number of morpholine rings is 1. The van der Waals surface area contributed by atoms with E-state index in [1.165, 1.54) is 0 Å². The second-order valence-corrected chi connectivity index (χ2v) is 4.71. The Morgan fingerprint density at radius 3 is 3.00 bits per heavy atom. The molecule has 3 heteroatoms. The van der Waals surface area contributed by atoms with Crippen LogP contribution in [0.5, 0.6) is 0 Å². The van der Waals surface area contributed by atoms with E-state index in [2.05, 4.69) is 35.9 Å². The summed E-state index contributed by atoms with van der Waals surface area (Å²) in [7, 11) is 0. The third-order valence-electron chi connectivity index (χ3n) is 2.63. The van der Waals surface area contributed by atoms with Gasteiger partial charge in [-0.2, -0.15) is 0 Å². The molecule has 0 aromatic carbocycles. The standard InChI is InChI=1S/C13H24N2O/c1-4-5-6-15-7-8-16-13(11-15)10-14-9-12(2)3/h12-14H,6-11H2,1-3H3. The Morgan fingerprint density at radius 2 is 2.31 bits per heavy atom. The highest BCUT2D eigenvalue weighted by molar-refractivity contribution is 4.98. The van der Waals surface area contributed by atoms with Crippen LogP contribution in [0.4, 0.5) is 0 Å². The van der Waals surface area contributed by atoms with Crippen LogP contribution in [-0.4, -0.2) is 50.3 Å². The summed E-state index contributed by atoms with van der Waals surface area (Å²) < 4.78 is 5.72. The van der Waals surface area contributed by atoms with Gasteiger partial charge in [-0.15, -0.1) is 5.92 Å². The Bertz CT molecular complexity index is 242. The maximum atomic E-state index is 5.72. The summed E-state index contributed by atoms with van der Waals surface area (Å²) in [5, 5.41) is 3.44. The molecule has 16 heavy (non-hydrogen) atoms. The van der Waals surface area contributed by atoms with E-state index in [9.17, 15) is 0 Å². The average Bonchev–Trinajstić information content (AvgIpc) is 2.26. The largest absolute Gasteiger partial charge is 0.374 e. The second kappa shape index (κ2) is 7.67. The Hall–Kier alpha value is -0.560. The Labute approximate surface area is 99.5 Å². The van der Waals surface area contributed by atoms with Crippen LogP contribution in [0.25, 0.3) is 0 Å².